The molecule has 0 N–H and O–H groups in total. The van der Waals surface area contributed by atoms with Crippen molar-refractivity contribution >= 4 is 20.2 Å². The first-order valence-corrected chi connectivity index (χ1v) is 18.0. The first kappa shape index (κ1) is 32.2. The second-order valence-corrected chi connectivity index (χ2v) is 14.8. The molecule has 0 radical (unpaired) electrons. The summed E-state index contributed by atoms with van der Waals surface area (Å²) in [6.07, 6.45) is 0. The van der Waals surface area contributed by atoms with E-state index in [0.29, 0.717) is 22.3 Å². The predicted octanol–water partition coefficient (Wildman–Crippen LogP) is 8.48. The van der Waals surface area contributed by atoms with E-state index in [-0.39, 0.29) is 32.4 Å². The van der Waals surface area contributed by atoms with Crippen molar-refractivity contribution in [1.29, 1.82) is 0 Å². The van der Waals surface area contributed by atoms with Crippen molar-refractivity contribution < 1.29 is 34.0 Å². The summed E-state index contributed by atoms with van der Waals surface area (Å²) in [4.78, 5) is -0.105. The average Bonchev–Trinajstić information content (AvgIpc) is 3.35. The maximum absolute atomic E-state index is 16.6. The number of halogens is 2. The fraction of sp³-hybridized carbons (Fsp3) is 0.0769. The zero-order valence-corrected chi connectivity index (χ0v) is 27.9. The molecule has 0 heterocycles. The Kier molecular flexibility index (Phi) is 7.88. The molecule has 0 unspecified atom stereocenters. The Morgan fingerprint density at radius 2 is 0.837 bits per heavy atom. The smallest absolute Gasteiger partial charge is 0.339 e. The molecule has 6 aromatic rings. The van der Waals surface area contributed by atoms with Crippen LogP contribution in [0.1, 0.15) is 33.4 Å². The highest BCUT2D eigenvalue weighted by Gasteiger charge is 2.49. The minimum atomic E-state index is -4.30. The topological polar surface area (TPSA) is 86.7 Å². The summed E-state index contributed by atoms with van der Waals surface area (Å²) >= 11 is 0. The van der Waals surface area contributed by atoms with Crippen molar-refractivity contribution in [2.75, 3.05) is 0 Å². The quantitative estimate of drug-likeness (QED) is 0.148. The first-order valence-electron chi connectivity index (χ1n) is 15.2. The van der Waals surface area contributed by atoms with Crippen molar-refractivity contribution in [1.82, 2.24) is 0 Å². The van der Waals surface area contributed by atoms with E-state index in [1.54, 1.807) is 74.5 Å². The van der Waals surface area contributed by atoms with Crippen LogP contribution in [0.5, 0.6) is 11.5 Å². The van der Waals surface area contributed by atoms with Crippen LogP contribution in [0.25, 0.3) is 11.1 Å². The van der Waals surface area contributed by atoms with Gasteiger partial charge in [-0.1, -0.05) is 97.1 Å². The van der Waals surface area contributed by atoms with Crippen LogP contribution in [0.15, 0.2) is 143 Å². The van der Waals surface area contributed by atoms with Gasteiger partial charge in [0.2, 0.25) is 0 Å². The third-order valence-electron chi connectivity index (χ3n) is 8.78. The molecule has 10 heteroatoms. The molecule has 6 aromatic carbocycles. The standard InChI is InChI=1S/C39H28F2O6S2/c1-25-11-3-9-17-37(25)48(42,43)46-27-19-21-33(35(40)23-27)39(31-15-7-5-13-29(31)30-14-6-8-16-32(30)39)34-22-20-28(24-36(34)41)47-49(44,45)38-18-10-4-12-26(38)2/h3-24H,1-2H3. The molecule has 0 saturated carbocycles. The molecule has 0 spiro atoms. The Balaban J connectivity index is 1.38. The third kappa shape index (κ3) is 5.37. The van der Waals surface area contributed by atoms with Gasteiger partial charge in [-0.2, -0.15) is 16.8 Å². The lowest BCUT2D eigenvalue weighted by Gasteiger charge is -2.34. The minimum Gasteiger partial charge on any atom is -0.379 e. The van der Waals surface area contributed by atoms with Crippen molar-refractivity contribution in [3.63, 3.8) is 0 Å². The Morgan fingerprint density at radius 3 is 1.22 bits per heavy atom. The van der Waals surface area contributed by atoms with Crippen molar-refractivity contribution in [3.05, 3.63) is 178 Å². The summed E-state index contributed by atoms with van der Waals surface area (Å²) in [7, 11) is -8.59. The fourth-order valence-corrected chi connectivity index (χ4v) is 8.99. The molecule has 0 aliphatic heterocycles. The van der Waals surface area contributed by atoms with E-state index < -0.39 is 37.3 Å². The molecule has 0 bridgehead atoms. The SMILES string of the molecule is Cc1ccccc1S(=O)(=O)Oc1ccc(C2(c3ccc(OS(=O)(=O)c4ccccc4C)cc3F)c3ccccc3-c3ccccc32)c(F)c1. The lowest BCUT2D eigenvalue weighted by atomic mass is 9.67. The highest BCUT2D eigenvalue weighted by Crippen LogP contribution is 2.57. The van der Waals surface area contributed by atoms with Gasteiger partial charge in [-0.05, 0) is 71.5 Å². The van der Waals surface area contributed by atoms with E-state index in [1.807, 2.05) is 24.3 Å². The van der Waals surface area contributed by atoms with E-state index in [4.69, 9.17) is 8.37 Å². The van der Waals surface area contributed by atoms with Crippen LogP contribution >= 0.6 is 0 Å². The second kappa shape index (κ2) is 12.0. The summed E-state index contributed by atoms with van der Waals surface area (Å²) < 4.78 is 96.5. The minimum absolute atomic E-state index is 0.0330. The number of hydrogen-bond donors (Lipinski definition) is 0. The number of hydrogen-bond acceptors (Lipinski definition) is 6. The first-order chi connectivity index (χ1) is 23.4. The summed E-state index contributed by atoms with van der Waals surface area (Å²) in [6.45, 7) is 3.25. The van der Waals surface area contributed by atoms with E-state index in [1.165, 1.54) is 36.4 Å². The van der Waals surface area contributed by atoms with Gasteiger partial charge in [0.05, 0.1) is 5.41 Å². The molecule has 0 saturated heterocycles. The number of rotatable bonds is 8. The van der Waals surface area contributed by atoms with Crippen molar-refractivity contribution in [3.8, 4) is 22.6 Å². The molecule has 7 rings (SSSR count). The van der Waals surface area contributed by atoms with Crippen LogP contribution in [0.4, 0.5) is 8.78 Å². The molecule has 246 valence electrons. The van der Waals surface area contributed by atoms with Crippen molar-refractivity contribution in [2.24, 2.45) is 0 Å². The van der Waals surface area contributed by atoms with E-state index in [2.05, 4.69) is 0 Å². The molecule has 0 atom stereocenters. The Labute approximate surface area is 283 Å². The van der Waals surface area contributed by atoms with Gasteiger partial charge >= 0.3 is 20.2 Å². The highest BCUT2D eigenvalue weighted by molar-refractivity contribution is 7.87. The molecular formula is C39H28F2O6S2. The molecule has 1 aliphatic rings. The lowest BCUT2D eigenvalue weighted by Crippen LogP contribution is -2.31. The second-order valence-electron chi connectivity index (χ2n) is 11.7. The molecular weight excluding hydrogens is 667 g/mol. The maximum Gasteiger partial charge on any atom is 0.339 e. The summed E-state index contributed by atoms with van der Waals surface area (Å²) in [5, 5.41) is 0. The number of aryl methyl sites for hydroxylation is 2. The van der Waals surface area contributed by atoms with Crippen LogP contribution in [0.3, 0.4) is 0 Å². The maximum atomic E-state index is 16.6. The Morgan fingerprint density at radius 1 is 0.469 bits per heavy atom. The van der Waals surface area contributed by atoms with Gasteiger partial charge < -0.3 is 8.37 Å². The van der Waals surface area contributed by atoms with Gasteiger partial charge in [0.1, 0.15) is 32.9 Å². The Hall–Kier alpha value is -5.32. The monoisotopic (exact) mass is 694 g/mol. The largest absolute Gasteiger partial charge is 0.379 e. The number of fused-ring (bicyclic) bond motifs is 3. The predicted molar refractivity (Wildman–Crippen MR) is 182 cm³/mol. The lowest BCUT2D eigenvalue weighted by molar-refractivity contribution is 0.480. The average molecular weight is 695 g/mol. The van der Waals surface area contributed by atoms with Crippen LogP contribution in [-0.2, 0) is 25.7 Å². The molecule has 6 nitrogen and oxygen atoms in total. The fourth-order valence-electron chi connectivity index (χ4n) is 6.68. The normalized spacial score (nSPS) is 13.4. The zero-order valence-electron chi connectivity index (χ0n) is 26.2. The molecule has 0 aromatic heterocycles. The summed E-state index contributed by atoms with van der Waals surface area (Å²) in [5.41, 5.74) is 2.09. The molecule has 0 fully saturated rings. The van der Waals surface area contributed by atoms with Crippen molar-refractivity contribution in [2.45, 2.75) is 29.1 Å². The van der Waals surface area contributed by atoms with Gasteiger partial charge in [0, 0.05) is 23.3 Å². The zero-order chi connectivity index (χ0) is 34.6. The van der Waals surface area contributed by atoms with Gasteiger partial charge in [-0.3, -0.25) is 0 Å². The molecule has 0 amide bonds. The summed E-state index contributed by atoms with van der Waals surface area (Å²) in [5.74, 6) is -2.20. The van der Waals surface area contributed by atoms with Crippen LogP contribution < -0.4 is 8.37 Å². The third-order valence-corrected chi connectivity index (χ3v) is 11.6. The highest BCUT2D eigenvalue weighted by atomic mass is 32.2. The van der Waals surface area contributed by atoms with Gasteiger partial charge in [-0.25, -0.2) is 8.78 Å². The van der Waals surface area contributed by atoms with Gasteiger partial charge in [0.25, 0.3) is 0 Å². The van der Waals surface area contributed by atoms with Crippen LogP contribution in [0.2, 0.25) is 0 Å². The Bertz CT molecular complexity index is 2320. The van der Waals surface area contributed by atoms with Gasteiger partial charge in [0.15, 0.2) is 0 Å². The number of benzene rings is 6. The van der Waals surface area contributed by atoms with E-state index in [9.17, 15) is 16.8 Å². The van der Waals surface area contributed by atoms with Crippen LogP contribution in [0, 0.1) is 25.5 Å². The van der Waals surface area contributed by atoms with Gasteiger partial charge in [-0.15, -0.1) is 0 Å². The van der Waals surface area contributed by atoms with E-state index in [0.717, 1.165) is 23.3 Å². The van der Waals surface area contributed by atoms with E-state index >= 15 is 8.78 Å². The molecule has 49 heavy (non-hydrogen) atoms. The summed E-state index contributed by atoms with van der Waals surface area (Å²) in [6, 6.07) is 34.5. The molecule has 1 aliphatic carbocycles. The van der Waals surface area contributed by atoms with Crippen LogP contribution in [-0.4, -0.2) is 16.8 Å².